The van der Waals surface area contributed by atoms with Crippen LogP contribution in [-0.4, -0.2) is 44.4 Å². The van der Waals surface area contributed by atoms with Gasteiger partial charge in [-0.25, -0.2) is 0 Å². The Kier molecular flexibility index (Phi) is 3.98. The van der Waals surface area contributed by atoms with E-state index in [2.05, 4.69) is 15.7 Å². The number of anilines is 1. The van der Waals surface area contributed by atoms with Crippen molar-refractivity contribution in [3.63, 3.8) is 0 Å². The van der Waals surface area contributed by atoms with Crippen molar-refractivity contribution in [3.8, 4) is 0 Å². The maximum absolute atomic E-state index is 12.6. The molecule has 9 heteroatoms. The first kappa shape index (κ1) is 17.0. The largest absolute Gasteiger partial charge is 0.322 e. The van der Waals surface area contributed by atoms with Crippen molar-refractivity contribution in [2.75, 3.05) is 5.32 Å². The zero-order valence-corrected chi connectivity index (χ0v) is 14.6. The van der Waals surface area contributed by atoms with E-state index in [1.165, 1.54) is 9.58 Å². The number of nitrogens with zero attached hydrogens (tertiary/aromatic N) is 3. The molecule has 2 aromatic rings. The van der Waals surface area contributed by atoms with E-state index in [1.807, 2.05) is 0 Å². The fourth-order valence-electron chi connectivity index (χ4n) is 3.38. The number of amides is 4. The molecule has 0 radical (unpaired) electrons. The van der Waals surface area contributed by atoms with E-state index in [9.17, 15) is 19.2 Å². The molecule has 0 spiro atoms. The summed E-state index contributed by atoms with van der Waals surface area (Å²) in [6.07, 6.45) is 2.20. The Balaban J connectivity index is 1.51. The molecule has 2 aliphatic rings. The molecule has 1 atom stereocenters. The number of rotatable bonds is 3. The van der Waals surface area contributed by atoms with Gasteiger partial charge in [0.1, 0.15) is 6.04 Å². The molecule has 0 aliphatic carbocycles. The first-order valence-corrected chi connectivity index (χ1v) is 8.51. The number of hydrogen-bond donors (Lipinski definition) is 2. The third-order valence-corrected chi connectivity index (χ3v) is 4.73. The lowest BCUT2D eigenvalue weighted by atomic mass is 10.0. The Bertz CT molecular complexity index is 980. The van der Waals surface area contributed by atoms with E-state index in [0.717, 1.165) is 5.56 Å². The minimum Gasteiger partial charge on any atom is -0.322 e. The summed E-state index contributed by atoms with van der Waals surface area (Å²) in [6, 6.07) is 5.95. The first-order chi connectivity index (χ1) is 12.9. The van der Waals surface area contributed by atoms with E-state index in [4.69, 9.17) is 0 Å². The van der Waals surface area contributed by atoms with Gasteiger partial charge in [0.15, 0.2) is 5.69 Å². The molecule has 138 valence electrons. The van der Waals surface area contributed by atoms with Crippen LogP contribution in [0.3, 0.4) is 0 Å². The Morgan fingerprint density at radius 1 is 1.26 bits per heavy atom. The molecule has 1 unspecified atom stereocenters. The Morgan fingerprint density at radius 2 is 2.07 bits per heavy atom. The molecular weight excluding hydrogens is 350 g/mol. The molecule has 0 bridgehead atoms. The number of benzene rings is 1. The highest BCUT2D eigenvalue weighted by Crippen LogP contribution is 2.29. The molecule has 3 heterocycles. The molecule has 27 heavy (non-hydrogen) atoms. The molecule has 1 aromatic heterocycles. The van der Waals surface area contributed by atoms with Crippen LogP contribution < -0.4 is 10.6 Å². The van der Waals surface area contributed by atoms with E-state index in [0.29, 0.717) is 23.4 Å². The third-order valence-electron chi connectivity index (χ3n) is 4.73. The van der Waals surface area contributed by atoms with E-state index in [1.54, 1.807) is 37.5 Å². The predicted octanol–water partition coefficient (Wildman–Crippen LogP) is 0.433. The minimum atomic E-state index is -0.658. The summed E-state index contributed by atoms with van der Waals surface area (Å²) in [6.45, 7) is 0.258. The number of aryl methyl sites for hydroxylation is 1. The average Bonchev–Trinajstić information content (AvgIpc) is 3.19. The zero-order valence-electron chi connectivity index (χ0n) is 14.6. The number of nitrogens with one attached hydrogen (secondary N) is 2. The molecule has 1 saturated heterocycles. The monoisotopic (exact) mass is 367 g/mol. The van der Waals surface area contributed by atoms with Gasteiger partial charge in [-0.05, 0) is 36.2 Å². The summed E-state index contributed by atoms with van der Waals surface area (Å²) in [4.78, 5) is 49.7. The first-order valence-electron chi connectivity index (χ1n) is 8.51. The number of carbonyl (C=O) groups is 4. The van der Waals surface area contributed by atoms with E-state index in [-0.39, 0.29) is 30.7 Å². The Hall–Kier alpha value is -3.49. The molecule has 4 amide bonds. The van der Waals surface area contributed by atoms with Gasteiger partial charge in [0.2, 0.25) is 11.8 Å². The van der Waals surface area contributed by atoms with Crippen LogP contribution in [0.25, 0.3) is 0 Å². The fourth-order valence-corrected chi connectivity index (χ4v) is 3.38. The van der Waals surface area contributed by atoms with Gasteiger partial charge < -0.3 is 10.2 Å². The van der Waals surface area contributed by atoms with Gasteiger partial charge in [-0.3, -0.25) is 29.2 Å². The van der Waals surface area contributed by atoms with Gasteiger partial charge in [-0.1, -0.05) is 0 Å². The fraction of sp³-hybridized carbons (Fsp3) is 0.278. The molecule has 0 saturated carbocycles. The number of carbonyl (C=O) groups excluding carboxylic acids is 4. The third kappa shape index (κ3) is 3.07. The van der Waals surface area contributed by atoms with Crippen molar-refractivity contribution >= 4 is 29.3 Å². The highest BCUT2D eigenvalue weighted by atomic mass is 16.2. The summed E-state index contributed by atoms with van der Waals surface area (Å²) in [5.74, 6) is -1.36. The van der Waals surface area contributed by atoms with Gasteiger partial charge in [-0.2, -0.15) is 5.10 Å². The lowest BCUT2D eigenvalue weighted by Gasteiger charge is -2.29. The highest BCUT2D eigenvalue weighted by molar-refractivity contribution is 6.06. The van der Waals surface area contributed by atoms with Crippen LogP contribution >= 0.6 is 0 Å². The van der Waals surface area contributed by atoms with E-state index >= 15 is 0 Å². The Labute approximate surface area is 154 Å². The van der Waals surface area contributed by atoms with Crippen LogP contribution in [0, 0.1) is 0 Å². The summed E-state index contributed by atoms with van der Waals surface area (Å²) >= 11 is 0. The van der Waals surface area contributed by atoms with Crippen LogP contribution in [0.4, 0.5) is 5.69 Å². The SMILES string of the molecule is Cn1ccc(C(=O)Nc2ccc3c(c2)CN(C2CCC(=O)NC2=O)C3=O)n1. The molecular formula is C18H17N5O4. The topological polar surface area (TPSA) is 113 Å². The van der Waals surface area contributed by atoms with Crippen LogP contribution in [-0.2, 0) is 23.2 Å². The summed E-state index contributed by atoms with van der Waals surface area (Å²) in [7, 11) is 1.72. The smallest absolute Gasteiger partial charge is 0.276 e. The van der Waals surface area contributed by atoms with Crippen molar-refractivity contribution in [2.24, 2.45) is 7.05 Å². The number of aromatic nitrogens is 2. The van der Waals surface area contributed by atoms with E-state index < -0.39 is 11.9 Å². The summed E-state index contributed by atoms with van der Waals surface area (Å²) in [5, 5.41) is 9.08. The number of hydrogen-bond acceptors (Lipinski definition) is 5. The molecule has 2 aliphatic heterocycles. The summed E-state index contributed by atoms with van der Waals surface area (Å²) in [5.41, 5.74) is 2.06. The Morgan fingerprint density at radius 3 is 2.78 bits per heavy atom. The lowest BCUT2D eigenvalue weighted by Crippen LogP contribution is -2.52. The molecule has 9 nitrogen and oxygen atoms in total. The standard InChI is InChI=1S/C18H17N5O4/c1-22-7-6-13(21-22)16(25)19-11-2-3-12-10(8-11)9-23(18(12)27)14-4-5-15(24)20-17(14)26/h2-3,6-8,14H,4-5,9H2,1H3,(H,19,25)(H,20,24,26). The molecule has 1 fully saturated rings. The van der Waals surface area contributed by atoms with Crippen molar-refractivity contribution in [2.45, 2.75) is 25.4 Å². The van der Waals surface area contributed by atoms with Crippen LogP contribution in [0.5, 0.6) is 0 Å². The number of imide groups is 1. The second-order valence-electron chi connectivity index (χ2n) is 6.60. The van der Waals surface area contributed by atoms with Crippen molar-refractivity contribution in [1.29, 1.82) is 0 Å². The second kappa shape index (κ2) is 6.35. The maximum atomic E-state index is 12.6. The zero-order chi connectivity index (χ0) is 19.1. The normalized spacial score (nSPS) is 19.1. The van der Waals surface area contributed by atoms with Gasteiger partial charge in [-0.15, -0.1) is 0 Å². The predicted molar refractivity (Wildman–Crippen MR) is 93.6 cm³/mol. The average molecular weight is 367 g/mol. The molecule has 2 N–H and O–H groups in total. The van der Waals surface area contributed by atoms with Crippen molar-refractivity contribution in [1.82, 2.24) is 20.0 Å². The molecule has 1 aromatic carbocycles. The maximum Gasteiger partial charge on any atom is 0.276 e. The van der Waals surface area contributed by atoms with Gasteiger partial charge >= 0.3 is 0 Å². The van der Waals surface area contributed by atoms with Crippen LogP contribution in [0.1, 0.15) is 39.3 Å². The quantitative estimate of drug-likeness (QED) is 0.764. The lowest BCUT2D eigenvalue weighted by molar-refractivity contribution is -0.136. The summed E-state index contributed by atoms with van der Waals surface area (Å²) < 4.78 is 1.54. The van der Waals surface area contributed by atoms with Crippen LogP contribution in [0.15, 0.2) is 30.5 Å². The van der Waals surface area contributed by atoms with Crippen LogP contribution in [0.2, 0.25) is 0 Å². The van der Waals surface area contributed by atoms with Gasteiger partial charge in [0, 0.05) is 37.5 Å². The minimum absolute atomic E-state index is 0.210. The highest BCUT2D eigenvalue weighted by Gasteiger charge is 2.39. The van der Waals surface area contributed by atoms with Crippen molar-refractivity contribution in [3.05, 3.63) is 47.3 Å². The molecule has 4 rings (SSSR count). The second-order valence-corrected chi connectivity index (χ2v) is 6.60. The van der Waals surface area contributed by atoms with Gasteiger partial charge in [0.25, 0.3) is 11.8 Å². The number of fused-ring (bicyclic) bond motifs is 1. The van der Waals surface area contributed by atoms with Crippen molar-refractivity contribution < 1.29 is 19.2 Å². The number of piperidine rings is 1. The van der Waals surface area contributed by atoms with Gasteiger partial charge in [0.05, 0.1) is 0 Å².